The van der Waals surface area contributed by atoms with Crippen LogP contribution in [-0.2, 0) is 4.79 Å². The van der Waals surface area contributed by atoms with E-state index in [1.807, 2.05) is 0 Å². The molecule has 4 fully saturated rings. The van der Waals surface area contributed by atoms with Crippen molar-refractivity contribution in [3.05, 3.63) is 0 Å². The Kier molecular flexibility index (Phi) is 6.27. The molecule has 0 aromatic rings. The molecule has 0 aromatic carbocycles. The summed E-state index contributed by atoms with van der Waals surface area (Å²) in [5, 5.41) is 0. The van der Waals surface area contributed by atoms with E-state index in [2.05, 4.69) is 34.6 Å². The first kappa shape index (κ1) is 21.9. The summed E-state index contributed by atoms with van der Waals surface area (Å²) in [7, 11) is 0. The maximum Gasteiger partial charge on any atom is 0.133 e. The van der Waals surface area contributed by atoms with Crippen LogP contribution < -0.4 is 0 Å². The van der Waals surface area contributed by atoms with Crippen molar-refractivity contribution in [1.82, 2.24) is 0 Å². The average molecular weight is 401 g/mol. The van der Waals surface area contributed by atoms with Crippen LogP contribution in [0.15, 0.2) is 0 Å². The molecule has 1 heteroatoms. The van der Waals surface area contributed by atoms with Gasteiger partial charge in [0.05, 0.1) is 0 Å². The molecule has 4 saturated carbocycles. The van der Waals surface area contributed by atoms with Crippen molar-refractivity contribution in [2.45, 2.75) is 118 Å². The highest BCUT2D eigenvalue weighted by atomic mass is 16.1. The Hall–Kier alpha value is -0.330. The van der Waals surface area contributed by atoms with Gasteiger partial charge in [0.2, 0.25) is 0 Å². The molecule has 0 radical (unpaired) electrons. The summed E-state index contributed by atoms with van der Waals surface area (Å²) in [6.45, 7) is 12.6. The van der Waals surface area contributed by atoms with Crippen LogP contribution >= 0.6 is 0 Å². The van der Waals surface area contributed by atoms with E-state index in [4.69, 9.17) is 0 Å². The van der Waals surface area contributed by atoms with Gasteiger partial charge in [0.1, 0.15) is 5.78 Å². The predicted octanol–water partition coefficient (Wildman–Crippen LogP) is 8.07. The minimum absolute atomic E-state index is 0.456. The average Bonchev–Trinajstić information content (AvgIpc) is 2.92. The second kappa shape index (κ2) is 8.31. The van der Waals surface area contributed by atoms with Crippen LogP contribution in [0.2, 0.25) is 0 Å². The van der Waals surface area contributed by atoms with Crippen molar-refractivity contribution in [3.63, 3.8) is 0 Å². The lowest BCUT2D eigenvalue weighted by Crippen LogP contribution is -2.52. The van der Waals surface area contributed by atoms with Crippen molar-refractivity contribution in [2.24, 2.45) is 52.3 Å². The minimum Gasteiger partial charge on any atom is -0.300 e. The van der Waals surface area contributed by atoms with Crippen LogP contribution in [0.1, 0.15) is 118 Å². The van der Waals surface area contributed by atoms with E-state index >= 15 is 0 Å². The third-order valence-electron chi connectivity index (χ3n) is 10.9. The highest BCUT2D eigenvalue weighted by molar-refractivity contribution is 5.79. The summed E-state index contributed by atoms with van der Waals surface area (Å²) in [4.78, 5) is 12.3. The minimum atomic E-state index is 0.456. The highest BCUT2D eigenvalue weighted by Crippen LogP contribution is 2.68. The lowest BCUT2D eigenvalue weighted by Gasteiger charge is -2.59. The standard InChI is InChI=1S/C28H48O/c1-19(2)8-6-9-20(3)24-13-14-25-23-12-11-21-18-22(29)10-7-16-27(21,4)26(23)15-17-28(24,25)5/h19-21,23-26H,6-18H2,1-5H3/t20-,21+,23+,24+,25-,26+,27+,28-/m1/s1. The molecular weight excluding hydrogens is 352 g/mol. The van der Waals surface area contributed by atoms with E-state index in [0.29, 0.717) is 22.5 Å². The third kappa shape index (κ3) is 3.87. The van der Waals surface area contributed by atoms with E-state index in [-0.39, 0.29) is 0 Å². The molecule has 0 N–H and O–H groups in total. The molecule has 0 unspecified atom stereocenters. The zero-order valence-electron chi connectivity index (χ0n) is 20.1. The molecule has 0 aromatic heterocycles. The molecule has 166 valence electrons. The predicted molar refractivity (Wildman–Crippen MR) is 123 cm³/mol. The first-order valence-electron chi connectivity index (χ1n) is 13.3. The van der Waals surface area contributed by atoms with Gasteiger partial charge >= 0.3 is 0 Å². The number of fused-ring (bicyclic) bond motifs is 5. The molecule has 1 nitrogen and oxygen atoms in total. The van der Waals surface area contributed by atoms with Crippen molar-refractivity contribution in [2.75, 3.05) is 0 Å². The van der Waals surface area contributed by atoms with Gasteiger partial charge < -0.3 is 0 Å². The van der Waals surface area contributed by atoms with Crippen LogP contribution in [0, 0.1) is 52.3 Å². The Labute approximate surface area is 181 Å². The maximum absolute atomic E-state index is 12.3. The number of hydrogen-bond donors (Lipinski definition) is 0. The Bertz CT molecular complexity index is 593. The monoisotopic (exact) mass is 400 g/mol. The lowest BCUT2D eigenvalue weighted by molar-refractivity contribution is -0.124. The Morgan fingerprint density at radius 1 is 0.897 bits per heavy atom. The summed E-state index contributed by atoms with van der Waals surface area (Å²) in [5.74, 6) is 6.80. The van der Waals surface area contributed by atoms with Gasteiger partial charge in [-0.1, -0.05) is 53.9 Å². The molecule has 0 heterocycles. The lowest BCUT2D eigenvalue weighted by atomic mass is 9.46. The van der Waals surface area contributed by atoms with Crippen LogP contribution in [0.5, 0.6) is 0 Å². The third-order valence-corrected chi connectivity index (χ3v) is 10.9. The van der Waals surface area contributed by atoms with E-state index in [9.17, 15) is 4.79 Å². The maximum atomic E-state index is 12.3. The number of Topliss-reactive ketones (excluding diaryl/α,β-unsaturated/α-hetero) is 1. The normalized spacial score (nSPS) is 46.0. The summed E-state index contributed by atoms with van der Waals surface area (Å²) < 4.78 is 0. The summed E-state index contributed by atoms with van der Waals surface area (Å²) in [6.07, 6.45) is 17.2. The van der Waals surface area contributed by atoms with Crippen LogP contribution in [0.25, 0.3) is 0 Å². The molecule has 8 atom stereocenters. The van der Waals surface area contributed by atoms with Gasteiger partial charge in [-0.15, -0.1) is 0 Å². The SMILES string of the molecule is CC(C)CCC[C@@H](C)[C@@H]1CC[C@@H]2[C@@H]3CC[C@H]4CC(=O)CCC[C@]4(C)[C@H]3CC[C@@]21C. The summed E-state index contributed by atoms with van der Waals surface area (Å²) in [5.41, 5.74) is 1.06. The molecule has 4 aliphatic carbocycles. The zero-order valence-corrected chi connectivity index (χ0v) is 20.1. The molecule has 0 bridgehead atoms. The molecule has 29 heavy (non-hydrogen) atoms. The number of hydrogen-bond acceptors (Lipinski definition) is 1. The first-order chi connectivity index (χ1) is 13.8. The zero-order chi connectivity index (χ0) is 20.8. The Morgan fingerprint density at radius 3 is 2.41 bits per heavy atom. The van der Waals surface area contributed by atoms with E-state index in [1.165, 1.54) is 64.2 Å². The number of carbonyl (C=O) groups is 1. The second-order valence-corrected chi connectivity index (χ2v) is 12.8. The smallest absolute Gasteiger partial charge is 0.133 e. The number of rotatable bonds is 5. The van der Waals surface area contributed by atoms with Crippen molar-refractivity contribution < 1.29 is 4.79 Å². The molecule has 4 rings (SSSR count). The van der Waals surface area contributed by atoms with Crippen LogP contribution in [-0.4, -0.2) is 5.78 Å². The number of carbonyl (C=O) groups excluding carboxylic acids is 1. The largest absolute Gasteiger partial charge is 0.300 e. The molecule has 4 aliphatic rings. The second-order valence-electron chi connectivity index (χ2n) is 12.8. The molecule has 0 saturated heterocycles. The molecule has 0 aliphatic heterocycles. The Morgan fingerprint density at radius 2 is 1.66 bits per heavy atom. The molecule has 0 spiro atoms. The van der Waals surface area contributed by atoms with Gasteiger partial charge in [0.15, 0.2) is 0 Å². The van der Waals surface area contributed by atoms with Gasteiger partial charge in [-0.25, -0.2) is 0 Å². The van der Waals surface area contributed by atoms with Crippen molar-refractivity contribution in [3.8, 4) is 0 Å². The van der Waals surface area contributed by atoms with E-state index in [1.54, 1.807) is 0 Å². The van der Waals surface area contributed by atoms with Gasteiger partial charge in [-0.05, 0) is 104 Å². The van der Waals surface area contributed by atoms with Crippen LogP contribution in [0.3, 0.4) is 0 Å². The molecule has 0 amide bonds. The van der Waals surface area contributed by atoms with E-state index in [0.717, 1.165) is 54.8 Å². The van der Waals surface area contributed by atoms with Gasteiger partial charge in [-0.2, -0.15) is 0 Å². The van der Waals surface area contributed by atoms with Crippen LogP contribution in [0.4, 0.5) is 0 Å². The van der Waals surface area contributed by atoms with Crippen molar-refractivity contribution >= 4 is 5.78 Å². The quantitative estimate of drug-likeness (QED) is 0.456. The summed E-state index contributed by atoms with van der Waals surface area (Å²) in [6, 6.07) is 0. The molecular formula is C28H48O. The summed E-state index contributed by atoms with van der Waals surface area (Å²) >= 11 is 0. The number of ketones is 1. The van der Waals surface area contributed by atoms with Gasteiger partial charge in [-0.3, -0.25) is 4.79 Å². The fourth-order valence-corrected chi connectivity index (χ4v) is 9.33. The van der Waals surface area contributed by atoms with Gasteiger partial charge in [0, 0.05) is 12.8 Å². The van der Waals surface area contributed by atoms with Crippen molar-refractivity contribution in [1.29, 1.82) is 0 Å². The van der Waals surface area contributed by atoms with Gasteiger partial charge in [0.25, 0.3) is 0 Å². The van der Waals surface area contributed by atoms with E-state index < -0.39 is 0 Å². The first-order valence-corrected chi connectivity index (χ1v) is 13.3. The fourth-order valence-electron chi connectivity index (χ4n) is 9.33. The topological polar surface area (TPSA) is 17.1 Å². The Balaban J connectivity index is 1.48. The highest BCUT2D eigenvalue weighted by Gasteiger charge is 2.60. The fraction of sp³-hybridized carbons (Fsp3) is 0.964.